The van der Waals surface area contributed by atoms with Crippen LogP contribution in [-0.4, -0.2) is 20.6 Å². The molecule has 0 atom stereocenters. The van der Waals surface area contributed by atoms with Crippen molar-refractivity contribution in [1.29, 1.82) is 0 Å². The molecule has 5 heteroatoms. The fourth-order valence-electron chi connectivity index (χ4n) is 1.76. The first-order valence-electron chi connectivity index (χ1n) is 5.58. The third-order valence-electron chi connectivity index (χ3n) is 2.64. The van der Waals surface area contributed by atoms with Crippen molar-refractivity contribution in [2.45, 2.75) is 19.8 Å². The molecule has 0 aliphatic rings. The number of carboxylic acid groups (broad SMARTS) is 1. The van der Waals surface area contributed by atoms with Gasteiger partial charge >= 0.3 is 5.97 Å². The van der Waals surface area contributed by atoms with Crippen LogP contribution in [0.25, 0.3) is 5.69 Å². The van der Waals surface area contributed by atoms with Crippen molar-refractivity contribution >= 4 is 21.9 Å². The maximum atomic E-state index is 10.6. The largest absolute Gasteiger partial charge is 0.481 e. The molecule has 0 aliphatic heterocycles. The third-order valence-corrected chi connectivity index (χ3v) is 3.28. The molecule has 0 amide bonds. The maximum absolute atomic E-state index is 10.6. The maximum Gasteiger partial charge on any atom is 0.303 e. The van der Waals surface area contributed by atoms with Crippen molar-refractivity contribution in [3.63, 3.8) is 0 Å². The molecule has 0 unspecified atom stereocenters. The molecular weight excluding hydrogens is 296 g/mol. The number of imidazole rings is 1. The number of aryl methyl sites for hydroxylation is 2. The van der Waals surface area contributed by atoms with Gasteiger partial charge in [-0.05, 0) is 40.5 Å². The summed E-state index contributed by atoms with van der Waals surface area (Å²) in [6, 6.07) is 6.03. The summed E-state index contributed by atoms with van der Waals surface area (Å²) in [4.78, 5) is 14.8. The number of halogens is 1. The predicted octanol–water partition coefficient (Wildman–Crippen LogP) is 2.96. The fraction of sp³-hybridized carbons (Fsp3) is 0.231. The second kappa shape index (κ2) is 5.35. The Morgan fingerprint density at radius 1 is 1.50 bits per heavy atom. The molecule has 18 heavy (non-hydrogen) atoms. The van der Waals surface area contributed by atoms with Crippen LogP contribution in [0.15, 0.2) is 35.1 Å². The Morgan fingerprint density at radius 3 is 2.94 bits per heavy atom. The highest BCUT2D eigenvalue weighted by atomic mass is 79.9. The molecule has 0 fully saturated rings. The van der Waals surface area contributed by atoms with E-state index in [2.05, 4.69) is 20.9 Å². The first-order valence-corrected chi connectivity index (χ1v) is 6.38. The molecule has 0 spiro atoms. The van der Waals surface area contributed by atoms with Crippen molar-refractivity contribution in [2.75, 3.05) is 0 Å². The Morgan fingerprint density at radius 2 is 2.28 bits per heavy atom. The first-order chi connectivity index (χ1) is 8.58. The Labute approximate surface area is 113 Å². The summed E-state index contributed by atoms with van der Waals surface area (Å²) in [6.45, 7) is 2.02. The molecule has 1 N–H and O–H groups in total. The van der Waals surface area contributed by atoms with E-state index in [9.17, 15) is 4.79 Å². The van der Waals surface area contributed by atoms with E-state index in [1.165, 1.54) is 0 Å². The number of aliphatic carboxylic acids is 1. The van der Waals surface area contributed by atoms with Crippen LogP contribution >= 0.6 is 15.9 Å². The van der Waals surface area contributed by atoms with Gasteiger partial charge in [0.1, 0.15) is 5.82 Å². The van der Waals surface area contributed by atoms with Crippen LogP contribution in [0.1, 0.15) is 17.8 Å². The van der Waals surface area contributed by atoms with Crippen LogP contribution in [-0.2, 0) is 11.2 Å². The second-order valence-electron chi connectivity index (χ2n) is 4.06. The molecular formula is C13H13BrN2O2. The monoisotopic (exact) mass is 308 g/mol. The van der Waals surface area contributed by atoms with Gasteiger partial charge < -0.3 is 9.67 Å². The minimum absolute atomic E-state index is 0.0838. The number of carboxylic acids is 1. The summed E-state index contributed by atoms with van der Waals surface area (Å²) in [5.74, 6) is -0.0607. The normalized spacial score (nSPS) is 10.6. The van der Waals surface area contributed by atoms with Gasteiger partial charge in [-0.1, -0.05) is 6.07 Å². The van der Waals surface area contributed by atoms with E-state index in [-0.39, 0.29) is 6.42 Å². The Bertz CT molecular complexity index is 578. The number of rotatable bonds is 4. The smallest absolute Gasteiger partial charge is 0.303 e. The molecule has 0 aliphatic carbocycles. The molecule has 0 radical (unpaired) electrons. The van der Waals surface area contributed by atoms with Gasteiger partial charge in [0.2, 0.25) is 0 Å². The van der Waals surface area contributed by atoms with Crippen molar-refractivity contribution in [3.8, 4) is 5.69 Å². The second-order valence-corrected chi connectivity index (χ2v) is 4.92. The highest BCUT2D eigenvalue weighted by Crippen LogP contribution is 2.23. The zero-order valence-electron chi connectivity index (χ0n) is 9.93. The van der Waals surface area contributed by atoms with Gasteiger partial charge in [-0.25, -0.2) is 4.98 Å². The van der Waals surface area contributed by atoms with E-state index in [0.29, 0.717) is 6.42 Å². The van der Waals surface area contributed by atoms with Gasteiger partial charge in [0.25, 0.3) is 0 Å². The number of aromatic nitrogens is 2. The van der Waals surface area contributed by atoms with E-state index in [1.54, 1.807) is 6.20 Å². The van der Waals surface area contributed by atoms with Gasteiger partial charge in [-0.15, -0.1) is 0 Å². The molecule has 0 saturated heterocycles. The molecule has 0 saturated carbocycles. The van der Waals surface area contributed by atoms with Crippen LogP contribution in [0.3, 0.4) is 0 Å². The zero-order valence-corrected chi connectivity index (χ0v) is 11.5. The standard InChI is InChI=1S/C13H13BrN2O2/c1-9-2-3-11(10(14)8-9)16-7-6-15-12(16)4-5-13(17)18/h2-3,6-8H,4-5H2,1H3,(H,17,18). The van der Waals surface area contributed by atoms with Crippen molar-refractivity contribution in [2.24, 2.45) is 0 Å². The molecule has 4 nitrogen and oxygen atoms in total. The first kappa shape index (κ1) is 12.8. The number of hydrogen-bond acceptors (Lipinski definition) is 2. The van der Waals surface area contributed by atoms with Crippen LogP contribution in [0.5, 0.6) is 0 Å². The van der Waals surface area contributed by atoms with Crippen molar-refractivity contribution in [1.82, 2.24) is 9.55 Å². The molecule has 2 rings (SSSR count). The van der Waals surface area contributed by atoms with Gasteiger partial charge in [-0.2, -0.15) is 0 Å². The molecule has 1 aromatic carbocycles. The lowest BCUT2D eigenvalue weighted by molar-refractivity contribution is -0.137. The lowest BCUT2D eigenvalue weighted by Gasteiger charge is -2.10. The summed E-state index contributed by atoms with van der Waals surface area (Å²) in [5.41, 5.74) is 2.14. The summed E-state index contributed by atoms with van der Waals surface area (Å²) >= 11 is 3.52. The summed E-state index contributed by atoms with van der Waals surface area (Å²) < 4.78 is 2.88. The van der Waals surface area contributed by atoms with Crippen LogP contribution in [0, 0.1) is 6.92 Å². The highest BCUT2D eigenvalue weighted by molar-refractivity contribution is 9.10. The number of benzene rings is 1. The lowest BCUT2D eigenvalue weighted by atomic mass is 10.2. The summed E-state index contributed by atoms with van der Waals surface area (Å²) in [7, 11) is 0. The number of hydrogen-bond donors (Lipinski definition) is 1. The highest BCUT2D eigenvalue weighted by Gasteiger charge is 2.09. The van der Waals surface area contributed by atoms with E-state index in [1.807, 2.05) is 35.9 Å². The third kappa shape index (κ3) is 2.79. The van der Waals surface area contributed by atoms with Gasteiger partial charge in [0.15, 0.2) is 0 Å². The molecule has 2 aromatic rings. The molecule has 1 heterocycles. The van der Waals surface area contributed by atoms with E-state index in [0.717, 1.165) is 21.5 Å². The lowest BCUT2D eigenvalue weighted by Crippen LogP contribution is -2.05. The predicted molar refractivity (Wildman–Crippen MR) is 72.0 cm³/mol. The fourth-order valence-corrected chi connectivity index (χ4v) is 2.45. The van der Waals surface area contributed by atoms with Gasteiger partial charge in [0, 0.05) is 23.3 Å². The average Bonchev–Trinajstić information content (AvgIpc) is 2.74. The van der Waals surface area contributed by atoms with E-state index in [4.69, 9.17) is 5.11 Å². The van der Waals surface area contributed by atoms with E-state index < -0.39 is 5.97 Å². The summed E-state index contributed by atoms with van der Waals surface area (Å²) in [6.07, 6.45) is 4.03. The average molecular weight is 309 g/mol. The number of carbonyl (C=O) groups is 1. The minimum Gasteiger partial charge on any atom is -0.481 e. The van der Waals surface area contributed by atoms with E-state index >= 15 is 0 Å². The zero-order chi connectivity index (χ0) is 13.1. The Hall–Kier alpha value is -1.62. The SMILES string of the molecule is Cc1ccc(-n2ccnc2CCC(=O)O)c(Br)c1. The minimum atomic E-state index is -0.812. The molecule has 1 aromatic heterocycles. The topological polar surface area (TPSA) is 55.1 Å². The van der Waals surface area contributed by atoms with Gasteiger partial charge in [0.05, 0.1) is 12.1 Å². The molecule has 94 valence electrons. The van der Waals surface area contributed by atoms with Gasteiger partial charge in [-0.3, -0.25) is 4.79 Å². The Balaban J connectivity index is 2.33. The Kier molecular flexibility index (Phi) is 3.81. The van der Waals surface area contributed by atoms with Crippen molar-refractivity contribution < 1.29 is 9.90 Å². The van der Waals surface area contributed by atoms with Crippen LogP contribution in [0.4, 0.5) is 0 Å². The number of nitrogens with zero attached hydrogens (tertiary/aromatic N) is 2. The quantitative estimate of drug-likeness (QED) is 0.944. The summed E-state index contributed by atoms with van der Waals surface area (Å²) in [5, 5.41) is 8.72. The molecule has 0 bridgehead atoms. The van der Waals surface area contributed by atoms with Crippen LogP contribution in [0.2, 0.25) is 0 Å². The van der Waals surface area contributed by atoms with Crippen molar-refractivity contribution in [3.05, 3.63) is 46.5 Å². The van der Waals surface area contributed by atoms with Crippen LogP contribution < -0.4 is 0 Å².